The number of nitrogens with one attached hydrogen (secondary N) is 1. The Morgan fingerprint density at radius 1 is 1.46 bits per heavy atom. The van der Waals surface area contributed by atoms with Gasteiger partial charge in [0.05, 0.1) is 0 Å². The third kappa shape index (κ3) is 1.66. The van der Waals surface area contributed by atoms with Crippen molar-refractivity contribution in [3.63, 3.8) is 0 Å². The van der Waals surface area contributed by atoms with Crippen molar-refractivity contribution in [2.75, 3.05) is 12.3 Å². The lowest BCUT2D eigenvalue weighted by Crippen LogP contribution is -2.17. The molecule has 3 heteroatoms. The van der Waals surface area contributed by atoms with E-state index in [9.17, 15) is 0 Å². The number of anilines is 1. The monoisotopic (exact) mass is 178 g/mol. The first kappa shape index (κ1) is 8.53. The summed E-state index contributed by atoms with van der Waals surface area (Å²) in [5.74, 6) is 0. The van der Waals surface area contributed by atoms with Crippen molar-refractivity contribution in [2.45, 2.75) is 19.3 Å². The number of ether oxygens (including phenoxy) is 1. The van der Waals surface area contributed by atoms with Gasteiger partial charge in [-0.25, -0.2) is 0 Å². The normalized spacial score (nSPS) is 25.9. The van der Waals surface area contributed by atoms with Gasteiger partial charge in [0.2, 0.25) is 0 Å². The number of nitrogens with two attached hydrogens (primary N) is 1. The molecular formula is C10H14N2O. The zero-order valence-corrected chi connectivity index (χ0v) is 7.66. The van der Waals surface area contributed by atoms with Gasteiger partial charge in [0.25, 0.3) is 0 Å². The van der Waals surface area contributed by atoms with E-state index >= 15 is 0 Å². The Labute approximate surface area is 77.9 Å². The molecule has 1 heterocycles. The lowest BCUT2D eigenvalue weighted by molar-refractivity contribution is 0.350. The molecule has 2 atom stereocenters. The summed E-state index contributed by atoms with van der Waals surface area (Å²) in [4.78, 5) is 0. The van der Waals surface area contributed by atoms with Gasteiger partial charge in [-0.05, 0) is 12.6 Å². The van der Waals surface area contributed by atoms with Gasteiger partial charge in [0.1, 0.15) is 12.3 Å². The summed E-state index contributed by atoms with van der Waals surface area (Å²) in [6.45, 7) is 2.99. The quantitative estimate of drug-likeness (QED) is 0.541. The van der Waals surface area contributed by atoms with Gasteiger partial charge in [0, 0.05) is 11.3 Å². The number of likely N-dealkylation sites (N-methyl/N-ethyl adjacent to an activating group) is 1. The van der Waals surface area contributed by atoms with Gasteiger partial charge < -0.3 is 10.5 Å². The van der Waals surface area contributed by atoms with Crippen LogP contribution in [0.25, 0.3) is 0 Å². The second kappa shape index (κ2) is 3.36. The first-order valence-electron chi connectivity index (χ1n) is 4.56. The fourth-order valence-corrected chi connectivity index (χ4v) is 1.48. The highest BCUT2D eigenvalue weighted by Gasteiger charge is 2.40. The predicted molar refractivity (Wildman–Crippen MR) is 52.1 cm³/mol. The molecule has 2 rings (SSSR count). The molecule has 0 bridgehead atoms. The molecule has 13 heavy (non-hydrogen) atoms. The molecular weight excluding hydrogens is 164 g/mol. The Kier molecular flexibility index (Phi) is 2.20. The van der Waals surface area contributed by atoms with Crippen LogP contribution < -0.4 is 11.1 Å². The van der Waals surface area contributed by atoms with Crippen molar-refractivity contribution in [1.82, 2.24) is 5.32 Å². The van der Waals surface area contributed by atoms with Gasteiger partial charge >= 0.3 is 0 Å². The summed E-state index contributed by atoms with van der Waals surface area (Å²) < 4.78 is 5.43. The summed E-state index contributed by atoms with van der Waals surface area (Å²) in [7, 11) is 0. The molecule has 1 aliphatic heterocycles. The van der Waals surface area contributed by atoms with Crippen molar-refractivity contribution in [1.29, 1.82) is 0 Å². The van der Waals surface area contributed by atoms with E-state index < -0.39 is 0 Å². The molecule has 2 unspecified atom stereocenters. The predicted octanol–water partition coefficient (Wildman–Crippen LogP) is 1.28. The molecule has 3 N–H and O–H groups in total. The number of rotatable bonds is 3. The molecule has 0 aromatic heterocycles. The minimum atomic E-state index is 0.154. The Bertz CT molecular complexity index is 301. The summed E-state index contributed by atoms with van der Waals surface area (Å²) in [6.07, 6.45) is 0.316. The first-order chi connectivity index (χ1) is 6.33. The number of nitrogen functional groups attached to an aromatic ring is 1. The molecule has 1 aromatic rings. The zero-order chi connectivity index (χ0) is 9.26. The number of para-hydroxylation sites is 1. The van der Waals surface area contributed by atoms with Crippen molar-refractivity contribution < 1.29 is 4.74 Å². The average molecular weight is 178 g/mol. The zero-order valence-electron chi connectivity index (χ0n) is 7.66. The molecule has 1 aliphatic rings. The number of hydrogen-bond donors (Lipinski definition) is 2. The summed E-state index contributed by atoms with van der Waals surface area (Å²) >= 11 is 0. The van der Waals surface area contributed by atoms with Crippen LogP contribution in [0.3, 0.4) is 0 Å². The van der Waals surface area contributed by atoms with E-state index in [2.05, 4.69) is 12.2 Å². The van der Waals surface area contributed by atoms with E-state index in [0.717, 1.165) is 17.8 Å². The minimum Gasteiger partial charge on any atom is -0.398 e. The molecule has 1 fully saturated rings. The molecule has 0 aliphatic carbocycles. The molecule has 0 spiro atoms. The molecule has 0 amide bonds. The fourth-order valence-electron chi connectivity index (χ4n) is 1.48. The average Bonchev–Trinajstić information content (AvgIpc) is 2.86. The maximum atomic E-state index is 5.81. The van der Waals surface area contributed by atoms with E-state index in [1.54, 1.807) is 0 Å². The lowest BCUT2D eigenvalue weighted by Gasteiger charge is -2.00. The van der Waals surface area contributed by atoms with Crippen LogP contribution in [0.1, 0.15) is 18.6 Å². The van der Waals surface area contributed by atoms with Gasteiger partial charge in [-0.2, -0.15) is 0 Å². The highest BCUT2D eigenvalue weighted by molar-refractivity contribution is 5.49. The summed E-state index contributed by atoms with van der Waals surface area (Å²) in [5, 5.41) is 3.22. The van der Waals surface area contributed by atoms with Crippen LogP contribution in [0, 0.1) is 0 Å². The maximum absolute atomic E-state index is 5.81. The van der Waals surface area contributed by atoms with Gasteiger partial charge in [0.15, 0.2) is 0 Å². The number of benzene rings is 1. The van der Waals surface area contributed by atoms with Crippen LogP contribution in [0.5, 0.6) is 0 Å². The minimum absolute atomic E-state index is 0.154. The second-order valence-electron chi connectivity index (χ2n) is 3.16. The van der Waals surface area contributed by atoms with E-state index in [-0.39, 0.29) is 12.3 Å². The summed E-state index contributed by atoms with van der Waals surface area (Å²) in [6, 6.07) is 7.83. The smallest absolute Gasteiger partial charge is 0.140 e. The van der Waals surface area contributed by atoms with Gasteiger partial charge in [-0.1, -0.05) is 25.1 Å². The Balaban J connectivity index is 2.07. The highest BCUT2D eigenvalue weighted by atomic mass is 16.6. The van der Waals surface area contributed by atoms with Crippen LogP contribution in [0.4, 0.5) is 5.69 Å². The van der Waals surface area contributed by atoms with Crippen LogP contribution in [0.15, 0.2) is 24.3 Å². The molecule has 1 aromatic carbocycles. The molecule has 3 nitrogen and oxygen atoms in total. The van der Waals surface area contributed by atoms with Gasteiger partial charge in [-0.3, -0.25) is 5.32 Å². The van der Waals surface area contributed by atoms with Crippen molar-refractivity contribution in [2.24, 2.45) is 0 Å². The maximum Gasteiger partial charge on any atom is 0.140 e. The van der Waals surface area contributed by atoms with Crippen molar-refractivity contribution in [3.05, 3.63) is 29.8 Å². The molecule has 0 saturated carbocycles. The van der Waals surface area contributed by atoms with E-state index in [0.29, 0.717) is 0 Å². The van der Waals surface area contributed by atoms with Crippen LogP contribution >= 0.6 is 0 Å². The molecule has 0 radical (unpaired) electrons. The Morgan fingerprint density at radius 2 is 2.23 bits per heavy atom. The van der Waals surface area contributed by atoms with Crippen LogP contribution in [-0.4, -0.2) is 12.8 Å². The Hall–Kier alpha value is -1.06. The van der Waals surface area contributed by atoms with E-state index in [4.69, 9.17) is 10.5 Å². The SMILES string of the molecule is CCNC1OC1c1ccccc1N. The van der Waals surface area contributed by atoms with E-state index in [1.807, 2.05) is 24.3 Å². The largest absolute Gasteiger partial charge is 0.398 e. The molecule has 70 valence electrons. The first-order valence-corrected chi connectivity index (χ1v) is 4.56. The number of epoxide rings is 1. The fraction of sp³-hybridized carbons (Fsp3) is 0.400. The molecule has 1 saturated heterocycles. The summed E-state index contributed by atoms with van der Waals surface area (Å²) in [5.41, 5.74) is 7.72. The number of hydrogen-bond acceptors (Lipinski definition) is 3. The second-order valence-corrected chi connectivity index (χ2v) is 3.16. The lowest BCUT2D eigenvalue weighted by atomic mass is 10.1. The van der Waals surface area contributed by atoms with Gasteiger partial charge in [-0.15, -0.1) is 0 Å². The van der Waals surface area contributed by atoms with Crippen molar-refractivity contribution in [3.8, 4) is 0 Å². The van der Waals surface area contributed by atoms with E-state index in [1.165, 1.54) is 0 Å². The highest BCUT2D eigenvalue weighted by Crippen LogP contribution is 2.39. The third-order valence-corrected chi connectivity index (χ3v) is 2.20. The van der Waals surface area contributed by atoms with Crippen LogP contribution in [0.2, 0.25) is 0 Å². The topological polar surface area (TPSA) is 50.6 Å². The standard InChI is InChI=1S/C10H14N2O/c1-2-12-10-9(13-10)7-5-3-4-6-8(7)11/h3-6,9-10,12H,2,11H2,1H3. The Morgan fingerprint density at radius 3 is 2.92 bits per heavy atom. The third-order valence-electron chi connectivity index (χ3n) is 2.20. The van der Waals surface area contributed by atoms with Crippen molar-refractivity contribution >= 4 is 5.69 Å². The van der Waals surface area contributed by atoms with Crippen LogP contribution in [-0.2, 0) is 4.74 Å².